The summed E-state index contributed by atoms with van der Waals surface area (Å²) >= 11 is 0. The largest absolute Gasteiger partial charge is 0.461 e. The summed E-state index contributed by atoms with van der Waals surface area (Å²) in [5.41, 5.74) is 0. The topological polar surface area (TPSA) is 35.5 Å². The van der Waals surface area contributed by atoms with E-state index < -0.39 is 0 Å². The Morgan fingerprint density at radius 3 is 2.54 bits per heavy atom. The number of hydrogen-bond donors (Lipinski definition) is 0. The molecular weight excluding hydrogens is 168 g/mol. The fourth-order valence-corrected chi connectivity index (χ4v) is 1.54. The molecule has 0 bridgehead atoms. The minimum atomic E-state index is -0.248. The first kappa shape index (κ1) is 10.5. The third-order valence-corrected chi connectivity index (χ3v) is 2.11. The van der Waals surface area contributed by atoms with E-state index >= 15 is 0 Å². The van der Waals surface area contributed by atoms with Crippen LogP contribution >= 0.6 is 0 Å². The Bertz CT molecular complexity index is 160. The van der Waals surface area contributed by atoms with Crippen LogP contribution in [0.1, 0.15) is 39.5 Å². The van der Waals surface area contributed by atoms with Crippen molar-refractivity contribution in [3.63, 3.8) is 0 Å². The van der Waals surface area contributed by atoms with Crippen LogP contribution in [0.2, 0.25) is 0 Å². The molecule has 3 nitrogen and oxygen atoms in total. The maximum absolute atomic E-state index is 11.1. The zero-order valence-corrected chi connectivity index (χ0v) is 8.41. The maximum atomic E-state index is 11.1. The normalized spacial score (nSPS) is 18.1. The number of carbonyl (C=O) groups is 1. The molecule has 0 aromatic rings. The van der Waals surface area contributed by atoms with Crippen molar-refractivity contribution < 1.29 is 14.3 Å². The molecule has 0 saturated heterocycles. The van der Waals surface area contributed by atoms with Crippen molar-refractivity contribution in [3.05, 3.63) is 0 Å². The fourth-order valence-electron chi connectivity index (χ4n) is 1.54. The first-order valence-electron chi connectivity index (χ1n) is 4.99. The molecule has 0 aromatic heterocycles. The van der Waals surface area contributed by atoms with Gasteiger partial charge in [-0.15, -0.1) is 0 Å². The lowest BCUT2D eigenvalue weighted by atomic mass is 10.3. The maximum Gasteiger partial charge on any atom is 0.332 e. The molecule has 0 radical (unpaired) electrons. The van der Waals surface area contributed by atoms with Gasteiger partial charge in [-0.1, -0.05) is 12.8 Å². The van der Waals surface area contributed by atoms with Crippen molar-refractivity contribution in [3.8, 4) is 0 Å². The van der Waals surface area contributed by atoms with Crippen molar-refractivity contribution in [1.29, 1.82) is 0 Å². The third kappa shape index (κ3) is 4.27. The van der Waals surface area contributed by atoms with E-state index in [1.165, 1.54) is 12.8 Å². The molecular formula is C10H18O3. The van der Waals surface area contributed by atoms with E-state index in [-0.39, 0.29) is 18.7 Å². The van der Waals surface area contributed by atoms with E-state index in [0.717, 1.165) is 12.8 Å². The van der Waals surface area contributed by atoms with Crippen LogP contribution in [0.3, 0.4) is 0 Å². The summed E-state index contributed by atoms with van der Waals surface area (Å²) in [6, 6.07) is 0. The molecule has 0 unspecified atom stereocenters. The molecule has 1 aliphatic carbocycles. The van der Waals surface area contributed by atoms with Gasteiger partial charge in [0.2, 0.25) is 0 Å². The highest BCUT2D eigenvalue weighted by molar-refractivity contribution is 5.70. The van der Waals surface area contributed by atoms with Crippen molar-refractivity contribution in [2.24, 2.45) is 0 Å². The van der Waals surface area contributed by atoms with Crippen molar-refractivity contribution >= 4 is 5.97 Å². The Morgan fingerprint density at radius 2 is 2.00 bits per heavy atom. The Balaban J connectivity index is 2.07. The van der Waals surface area contributed by atoms with Crippen molar-refractivity contribution in [1.82, 2.24) is 0 Å². The van der Waals surface area contributed by atoms with Gasteiger partial charge in [-0.3, -0.25) is 0 Å². The van der Waals surface area contributed by atoms with E-state index in [0.29, 0.717) is 6.10 Å². The smallest absolute Gasteiger partial charge is 0.332 e. The summed E-state index contributed by atoms with van der Waals surface area (Å²) in [6.45, 7) is 3.80. The molecule has 0 aromatic carbocycles. The van der Waals surface area contributed by atoms with Gasteiger partial charge in [-0.2, -0.15) is 0 Å². The van der Waals surface area contributed by atoms with E-state index in [1.807, 2.05) is 13.8 Å². The molecule has 1 rings (SSSR count). The molecule has 76 valence electrons. The van der Waals surface area contributed by atoms with Gasteiger partial charge in [-0.25, -0.2) is 4.79 Å². The predicted molar refractivity (Wildman–Crippen MR) is 49.4 cm³/mol. The average molecular weight is 186 g/mol. The van der Waals surface area contributed by atoms with E-state index in [9.17, 15) is 4.79 Å². The standard InChI is InChI=1S/C10H18O3/c1-8(2)13-10(11)7-12-9-5-3-4-6-9/h8-9H,3-7H2,1-2H3. The predicted octanol–water partition coefficient (Wildman–Crippen LogP) is 1.90. The zero-order valence-electron chi connectivity index (χ0n) is 8.41. The Hall–Kier alpha value is -0.570. The van der Waals surface area contributed by atoms with Crippen LogP contribution in [0.15, 0.2) is 0 Å². The van der Waals surface area contributed by atoms with Crippen LogP contribution in [0.4, 0.5) is 0 Å². The second kappa shape index (κ2) is 5.22. The first-order valence-corrected chi connectivity index (χ1v) is 4.99. The molecule has 1 fully saturated rings. The van der Waals surface area contributed by atoms with Gasteiger partial charge < -0.3 is 9.47 Å². The highest BCUT2D eigenvalue weighted by Crippen LogP contribution is 2.20. The number of hydrogen-bond acceptors (Lipinski definition) is 3. The SMILES string of the molecule is CC(C)OC(=O)COC1CCCC1. The Kier molecular flexibility index (Phi) is 4.22. The van der Waals surface area contributed by atoms with E-state index in [1.54, 1.807) is 0 Å². The summed E-state index contributed by atoms with van der Waals surface area (Å²) in [6.07, 6.45) is 4.89. The van der Waals surface area contributed by atoms with Crippen molar-refractivity contribution in [2.45, 2.75) is 51.7 Å². The fraction of sp³-hybridized carbons (Fsp3) is 0.900. The molecule has 0 heterocycles. The second-order valence-electron chi connectivity index (χ2n) is 3.76. The summed E-state index contributed by atoms with van der Waals surface area (Å²) in [5, 5.41) is 0. The zero-order chi connectivity index (χ0) is 9.68. The second-order valence-corrected chi connectivity index (χ2v) is 3.76. The van der Waals surface area contributed by atoms with Gasteiger partial charge in [0.05, 0.1) is 12.2 Å². The number of esters is 1. The van der Waals surface area contributed by atoms with Crippen LogP contribution in [-0.4, -0.2) is 24.8 Å². The van der Waals surface area contributed by atoms with Gasteiger partial charge in [0.25, 0.3) is 0 Å². The van der Waals surface area contributed by atoms with Gasteiger partial charge >= 0.3 is 5.97 Å². The number of ether oxygens (including phenoxy) is 2. The minimum absolute atomic E-state index is 0.0420. The van der Waals surface area contributed by atoms with Crippen molar-refractivity contribution in [2.75, 3.05) is 6.61 Å². The molecule has 13 heavy (non-hydrogen) atoms. The lowest BCUT2D eigenvalue weighted by Gasteiger charge is -2.11. The van der Waals surface area contributed by atoms with E-state index in [4.69, 9.17) is 9.47 Å². The van der Waals surface area contributed by atoms with Crippen LogP contribution in [-0.2, 0) is 14.3 Å². The minimum Gasteiger partial charge on any atom is -0.461 e. The lowest BCUT2D eigenvalue weighted by molar-refractivity contribution is -0.154. The molecule has 0 aliphatic heterocycles. The Morgan fingerprint density at radius 1 is 1.38 bits per heavy atom. The summed E-state index contributed by atoms with van der Waals surface area (Å²) in [7, 11) is 0. The summed E-state index contributed by atoms with van der Waals surface area (Å²) < 4.78 is 10.3. The Labute approximate surface area is 79.4 Å². The first-order chi connectivity index (χ1) is 6.18. The van der Waals surface area contributed by atoms with E-state index in [2.05, 4.69) is 0 Å². The van der Waals surface area contributed by atoms with Gasteiger partial charge in [-0.05, 0) is 26.7 Å². The summed E-state index contributed by atoms with van der Waals surface area (Å²) in [4.78, 5) is 11.1. The highest BCUT2D eigenvalue weighted by Gasteiger charge is 2.17. The van der Waals surface area contributed by atoms with Gasteiger partial charge in [0.1, 0.15) is 6.61 Å². The molecule has 3 heteroatoms. The molecule has 1 aliphatic rings. The van der Waals surface area contributed by atoms with Gasteiger partial charge in [0, 0.05) is 0 Å². The lowest BCUT2D eigenvalue weighted by Crippen LogP contribution is -2.20. The van der Waals surface area contributed by atoms with Crippen LogP contribution < -0.4 is 0 Å². The third-order valence-electron chi connectivity index (χ3n) is 2.11. The molecule has 0 atom stereocenters. The highest BCUT2D eigenvalue weighted by atomic mass is 16.6. The number of carbonyl (C=O) groups excluding carboxylic acids is 1. The van der Waals surface area contributed by atoms with Crippen LogP contribution in [0.5, 0.6) is 0 Å². The quantitative estimate of drug-likeness (QED) is 0.629. The molecule has 0 N–H and O–H groups in total. The monoisotopic (exact) mass is 186 g/mol. The van der Waals surface area contributed by atoms with Crippen LogP contribution in [0.25, 0.3) is 0 Å². The number of rotatable bonds is 4. The molecule has 0 spiro atoms. The molecule has 0 amide bonds. The van der Waals surface area contributed by atoms with Gasteiger partial charge in [0.15, 0.2) is 0 Å². The molecule has 1 saturated carbocycles. The van der Waals surface area contributed by atoms with Crippen LogP contribution in [0, 0.1) is 0 Å². The summed E-state index contributed by atoms with van der Waals surface area (Å²) in [5.74, 6) is -0.248. The average Bonchev–Trinajstić information content (AvgIpc) is 2.51.